The predicted molar refractivity (Wildman–Crippen MR) is 77.8 cm³/mol. The molecule has 110 valence electrons. The Bertz CT molecular complexity index is 707. The molecule has 2 rings (SSSR count). The lowest BCUT2D eigenvalue weighted by atomic mass is 10.2. The van der Waals surface area contributed by atoms with Crippen LogP contribution in [-0.4, -0.2) is 17.9 Å². The molecule has 1 aromatic heterocycles. The molecule has 0 spiro atoms. The molecule has 0 saturated carbocycles. The number of anilines is 2. The van der Waals surface area contributed by atoms with Crippen LogP contribution in [0.25, 0.3) is 0 Å². The van der Waals surface area contributed by atoms with E-state index in [2.05, 4.69) is 15.6 Å². The van der Waals surface area contributed by atoms with Gasteiger partial charge in [-0.05, 0) is 24.6 Å². The molecule has 0 aliphatic heterocycles. The summed E-state index contributed by atoms with van der Waals surface area (Å²) in [7, 11) is 1.63. The van der Waals surface area contributed by atoms with Crippen LogP contribution in [0.15, 0.2) is 24.4 Å². The number of aromatic nitrogens is 1. The Balaban J connectivity index is 2.30. The average molecular weight is 312 g/mol. The van der Waals surface area contributed by atoms with Crippen molar-refractivity contribution in [3.05, 3.63) is 52.2 Å². The highest BCUT2D eigenvalue weighted by molar-refractivity contribution is 6.33. The molecule has 0 saturated heterocycles. The van der Waals surface area contributed by atoms with E-state index in [0.29, 0.717) is 5.82 Å². The van der Waals surface area contributed by atoms with Crippen molar-refractivity contribution in [2.24, 2.45) is 0 Å². The Morgan fingerprint density at radius 3 is 2.67 bits per heavy atom. The van der Waals surface area contributed by atoms with Gasteiger partial charge in [-0.2, -0.15) is 0 Å². The number of carbonyl (C=O) groups is 1. The summed E-state index contributed by atoms with van der Waals surface area (Å²) in [5, 5.41) is 5.17. The zero-order valence-electron chi connectivity index (χ0n) is 11.3. The zero-order chi connectivity index (χ0) is 15.6. The SMILES string of the molecule is CNc1ncc(C(=O)Nc2c(F)ccc(C)c2F)cc1Cl. The van der Waals surface area contributed by atoms with Crippen LogP contribution in [0.2, 0.25) is 5.02 Å². The summed E-state index contributed by atoms with van der Waals surface area (Å²) in [5.41, 5.74) is -0.165. The molecule has 0 unspecified atom stereocenters. The van der Waals surface area contributed by atoms with Gasteiger partial charge in [0.1, 0.15) is 17.3 Å². The lowest BCUT2D eigenvalue weighted by molar-refractivity contribution is 0.102. The van der Waals surface area contributed by atoms with Crippen molar-refractivity contribution >= 4 is 29.0 Å². The molecule has 1 aromatic carbocycles. The second kappa shape index (κ2) is 6.05. The fourth-order valence-corrected chi connectivity index (χ4v) is 1.96. The van der Waals surface area contributed by atoms with Crippen molar-refractivity contribution < 1.29 is 13.6 Å². The van der Waals surface area contributed by atoms with E-state index in [9.17, 15) is 13.6 Å². The molecule has 0 fully saturated rings. The number of halogens is 3. The third-order valence-corrected chi connectivity index (χ3v) is 3.15. The summed E-state index contributed by atoms with van der Waals surface area (Å²) in [5.74, 6) is -1.96. The maximum atomic E-state index is 13.8. The van der Waals surface area contributed by atoms with Crippen molar-refractivity contribution in [1.82, 2.24) is 4.98 Å². The van der Waals surface area contributed by atoms with Crippen molar-refractivity contribution in [2.75, 3.05) is 17.7 Å². The monoisotopic (exact) mass is 311 g/mol. The maximum absolute atomic E-state index is 13.8. The largest absolute Gasteiger partial charge is 0.372 e. The maximum Gasteiger partial charge on any atom is 0.257 e. The molecule has 21 heavy (non-hydrogen) atoms. The van der Waals surface area contributed by atoms with E-state index in [0.717, 1.165) is 6.07 Å². The Hall–Kier alpha value is -2.21. The van der Waals surface area contributed by atoms with Crippen LogP contribution in [-0.2, 0) is 0 Å². The van der Waals surface area contributed by atoms with Gasteiger partial charge in [-0.3, -0.25) is 4.79 Å². The molecular weight excluding hydrogens is 300 g/mol. The number of carbonyl (C=O) groups excluding carboxylic acids is 1. The highest BCUT2D eigenvalue weighted by atomic mass is 35.5. The Morgan fingerprint density at radius 1 is 1.33 bits per heavy atom. The summed E-state index contributed by atoms with van der Waals surface area (Å²) in [4.78, 5) is 15.9. The standard InChI is InChI=1S/C14H12ClF2N3O/c1-7-3-4-10(16)12(11(7)17)20-14(21)8-5-9(15)13(18-2)19-6-8/h3-6H,1-2H3,(H,18,19)(H,20,21). The molecule has 0 bridgehead atoms. The molecular formula is C14H12ClF2N3O. The second-order valence-electron chi connectivity index (χ2n) is 4.31. The lowest BCUT2D eigenvalue weighted by Crippen LogP contribution is -2.15. The highest BCUT2D eigenvalue weighted by Crippen LogP contribution is 2.24. The molecule has 0 radical (unpaired) electrons. The first-order chi connectivity index (χ1) is 9.93. The van der Waals surface area contributed by atoms with Crippen molar-refractivity contribution in [2.45, 2.75) is 6.92 Å². The number of hydrogen-bond acceptors (Lipinski definition) is 3. The molecule has 7 heteroatoms. The third-order valence-electron chi connectivity index (χ3n) is 2.86. The van der Waals surface area contributed by atoms with Crippen LogP contribution in [0.5, 0.6) is 0 Å². The van der Waals surface area contributed by atoms with E-state index >= 15 is 0 Å². The topological polar surface area (TPSA) is 54.0 Å². The number of nitrogens with one attached hydrogen (secondary N) is 2. The number of aryl methyl sites for hydroxylation is 1. The van der Waals surface area contributed by atoms with E-state index in [1.807, 2.05) is 0 Å². The van der Waals surface area contributed by atoms with Gasteiger partial charge in [0.15, 0.2) is 5.82 Å². The van der Waals surface area contributed by atoms with Gasteiger partial charge >= 0.3 is 0 Å². The lowest BCUT2D eigenvalue weighted by Gasteiger charge is -2.10. The Kier molecular flexibility index (Phi) is 4.37. The number of amides is 1. The fourth-order valence-electron chi connectivity index (χ4n) is 1.70. The van der Waals surface area contributed by atoms with Gasteiger partial charge in [0.05, 0.1) is 10.6 Å². The predicted octanol–water partition coefficient (Wildman–Crippen LogP) is 3.62. The summed E-state index contributed by atoms with van der Waals surface area (Å²) < 4.78 is 27.4. The van der Waals surface area contributed by atoms with Crippen molar-refractivity contribution in [1.29, 1.82) is 0 Å². The second-order valence-corrected chi connectivity index (χ2v) is 4.72. The van der Waals surface area contributed by atoms with Gasteiger partial charge in [-0.25, -0.2) is 13.8 Å². The molecule has 2 aromatic rings. The molecule has 2 N–H and O–H groups in total. The van der Waals surface area contributed by atoms with Crippen LogP contribution in [0.3, 0.4) is 0 Å². The van der Waals surface area contributed by atoms with Gasteiger partial charge in [0, 0.05) is 13.2 Å². The average Bonchev–Trinajstić information content (AvgIpc) is 2.47. The minimum absolute atomic E-state index is 0.0966. The molecule has 1 heterocycles. The first kappa shape index (κ1) is 15.2. The Morgan fingerprint density at radius 2 is 2.05 bits per heavy atom. The smallest absolute Gasteiger partial charge is 0.257 e. The number of hydrogen-bond donors (Lipinski definition) is 2. The molecule has 0 atom stereocenters. The summed E-state index contributed by atoms with van der Waals surface area (Å²) in [6.07, 6.45) is 1.26. The van der Waals surface area contributed by atoms with Crippen LogP contribution >= 0.6 is 11.6 Å². The molecule has 4 nitrogen and oxygen atoms in total. The van der Waals surface area contributed by atoms with Gasteiger partial charge < -0.3 is 10.6 Å². The number of benzene rings is 1. The van der Waals surface area contributed by atoms with Crippen molar-refractivity contribution in [3.63, 3.8) is 0 Å². The fraction of sp³-hybridized carbons (Fsp3) is 0.143. The summed E-state index contributed by atoms with van der Waals surface area (Å²) in [6.45, 7) is 1.48. The number of rotatable bonds is 3. The van der Waals surface area contributed by atoms with E-state index in [1.54, 1.807) is 7.05 Å². The highest BCUT2D eigenvalue weighted by Gasteiger charge is 2.16. The van der Waals surface area contributed by atoms with E-state index in [-0.39, 0.29) is 16.1 Å². The summed E-state index contributed by atoms with van der Waals surface area (Å²) >= 11 is 5.91. The van der Waals surface area contributed by atoms with E-state index in [4.69, 9.17) is 11.6 Å². The normalized spacial score (nSPS) is 10.3. The van der Waals surface area contributed by atoms with Crippen LogP contribution < -0.4 is 10.6 Å². The quantitative estimate of drug-likeness (QED) is 0.910. The molecule has 0 aliphatic carbocycles. The van der Waals surface area contributed by atoms with Crippen LogP contribution in [0, 0.1) is 18.6 Å². The first-order valence-corrected chi connectivity index (χ1v) is 6.41. The van der Waals surface area contributed by atoms with E-state index in [1.165, 1.54) is 25.3 Å². The van der Waals surface area contributed by atoms with Crippen LogP contribution in [0.1, 0.15) is 15.9 Å². The van der Waals surface area contributed by atoms with Crippen molar-refractivity contribution in [3.8, 4) is 0 Å². The van der Waals surface area contributed by atoms with E-state index < -0.39 is 23.2 Å². The Labute approximate surface area is 125 Å². The number of pyridine rings is 1. The van der Waals surface area contributed by atoms with Gasteiger partial charge in [0.25, 0.3) is 5.91 Å². The third kappa shape index (κ3) is 3.11. The minimum Gasteiger partial charge on any atom is -0.372 e. The first-order valence-electron chi connectivity index (χ1n) is 6.03. The van der Waals surface area contributed by atoms with Gasteiger partial charge in [-0.1, -0.05) is 17.7 Å². The van der Waals surface area contributed by atoms with Gasteiger partial charge in [-0.15, -0.1) is 0 Å². The minimum atomic E-state index is -0.850. The van der Waals surface area contributed by atoms with Crippen LogP contribution in [0.4, 0.5) is 20.3 Å². The number of nitrogens with zero attached hydrogens (tertiary/aromatic N) is 1. The van der Waals surface area contributed by atoms with Gasteiger partial charge in [0.2, 0.25) is 0 Å². The molecule has 1 amide bonds. The zero-order valence-corrected chi connectivity index (χ0v) is 12.1. The summed E-state index contributed by atoms with van der Waals surface area (Å²) in [6, 6.07) is 3.74. The molecule has 0 aliphatic rings.